The van der Waals surface area contributed by atoms with Gasteiger partial charge in [0.05, 0.1) is 18.6 Å². The Bertz CT molecular complexity index is 1030. The largest absolute Gasteiger partial charge is 0.343 e. The molecule has 1 fully saturated rings. The van der Waals surface area contributed by atoms with Crippen molar-refractivity contribution in [3.8, 4) is 0 Å². The summed E-state index contributed by atoms with van der Waals surface area (Å²) < 4.78 is 15.6. The maximum absolute atomic E-state index is 13.6. The van der Waals surface area contributed by atoms with Crippen molar-refractivity contribution < 1.29 is 9.18 Å². The molecule has 1 amide bonds. The molecular weight excluding hydrogens is 379 g/mol. The van der Waals surface area contributed by atoms with Crippen LogP contribution in [0.1, 0.15) is 22.4 Å². The number of piperazine rings is 1. The second-order valence-electron chi connectivity index (χ2n) is 8.17. The van der Waals surface area contributed by atoms with Gasteiger partial charge < -0.3 is 9.47 Å². The number of benzene rings is 2. The standard InChI is InChI=1S/C24H27FN4O/c1-18-5-3-6-19(9-18)11-22-14-27(2)24(30)16-28(22)15-23-12-26-17-29(23)13-20-7-4-8-21(25)10-20/h3-10,12,17,22H,11,13-16H2,1-2H3. The van der Waals surface area contributed by atoms with Crippen LogP contribution in [0.3, 0.4) is 0 Å². The van der Waals surface area contributed by atoms with Crippen LogP contribution < -0.4 is 0 Å². The molecule has 1 aliphatic heterocycles. The predicted octanol–water partition coefficient (Wildman–Crippen LogP) is 3.26. The number of carbonyl (C=O) groups excluding carboxylic acids is 1. The SMILES string of the molecule is Cc1cccc(CC2CN(C)C(=O)CN2Cc2cncn2Cc2cccc(F)c2)c1. The monoisotopic (exact) mass is 406 g/mol. The van der Waals surface area contributed by atoms with Crippen molar-refractivity contribution in [2.24, 2.45) is 0 Å². The minimum Gasteiger partial charge on any atom is -0.343 e. The smallest absolute Gasteiger partial charge is 0.236 e. The summed E-state index contributed by atoms with van der Waals surface area (Å²) in [5, 5.41) is 0. The van der Waals surface area contributed by atoms with Gasteiger partial charge in [-0.1, -0.05) is 42.0 Å². The van der Waals surface area contributed by atoms with Gasteiger partial charge in [-0.25, -0.2) is 9.37 Å². The van der Waals surface area contributed by atoms with E-state index in [0.29, 0.717) is 26.2 Å². The molecule has 0 N–H and O–H groups in total. The number of likely N-dealkylation sites (N-methyl/N-ethyl adjacent to an activating group) is 1. The van der Waals surface area contributed by atoms with E-state index in [1.165, 1.54) is 17.2 Å². The van der Waals surface area contributed by atoms with E-state index in [2.05, 4.69) is 41.1 Å². The number of carbonyl (C=O) groups is 1. The molecule has 0 aliphatic carbocycles. The highest BCUT2D eigenvalue weighted by molar-refractivity contribution is 5.78. The van der Waals surface area contributed by atoms with Crippen LogP contribution in [0.15, 0.2) is 61.1 Å². The van der Waals surface area contributed by atoms with Crippen LogP contribution in [0, 0.1) is 12.7 Å². The molecule has 1 unspecified atom stereocenters. The lowest BCUT2D eigenvalue weighted by molar-refractivity contribution is -0.137. The molecular formula is C24H27FN4O. The van der Waals surface area contributed by atoms with E-state index in [1.807, 2.05) is 28.8 Å². The second-order valence-corrected chi connectivity index (χ2v) is 8.17. The zero-order chi connectivity index (χ0) is 21.1. The Balaban J connectivity index is 1.52. The summed E-state index contributed by atoms with van der Waals surface area (Å²) in [6, 6.07) is 15.4. The van der Waals surface area contributed by atoms with Gasteiger partial charge in [0, 0.05) is 38.9 Å². The number of imidazole rings is 1. The van der Waals surface area contributed by atoms with Gasteiger partial charge in [0.25, 0.3) is 0 Å². The van der Waals surface area contributed by atoms with Gasteiger partial charge in [-0.3, -0.25) is 9.69 Å². The summed E-state index contributed by atoms with van der Waals surface area (Å²) in [5.41, 5.74) is 4.43. The van der Waals surface area contributed by atoms with E-state index in [1.54, 1.807) is 18.5 Å². The van der Waals surface area contributed by atoms with Gasteiger partial charge >= 0.3 is 0 Å². The van der Waals surface area contributed by atoms with Gasteiger partial charge in [-0.15, -0.1) is 0 Å². The normalized spacial score (nSPS) is 17.5. The van der Waals surface area contributed by atoms with Gasteiger partial charge in [0.15, 0.2) is 0 Å². The Morgan fingerprint density at radius 1 is 1.10 bits per heavy atom. The zero-order valence-corrected chi connectivity index (χ0v) is 17.5. The van der Waals surface area contributed by atoms with Gasteiger partial charge in [-0.05, 0) is 36.6 Å². The molecule has 156 valence electrons. The lowest BCUT2D eigenvalue weighted by atomic mass is 10.0. The maximum atomic E-state index is 13.6. The van der Waals surface area contributed by atoms with Gasteiger partial charge in [0.1, 0.15) is 5.82 Å². The average molecular weight is 407 g/mol. The predicted molar refractivity (Wildman–Crippen MR) is 114 cm³/mol. The molecule has 4 rings (SSSR count). The third-order valence-electron chi connectivity index (χ3n) is 5.72. The average Bonchev–Trinajstić information content (AvgIpc) is 3.12. The third kappa shape index (κ3) is 4.76. The highest BCUT2D eigenvalue weighted by atomic mass is 19.1. The summed E-state index contributed by atoms with van der Waals surface area (Å²) in [6.45, 7) is 4.37. The van der Waals surface area contributed by atoms with Gasteiger partial charge in [-0.2, -0.15) is 0 Å². The second kappa shape index (κ2) is 8.79. The Morgan fingerprint density at radius 2 is 1.90 bits per heavy atom. The zero-order valence-electron chi connectivity index (χ0n) is 17.5. The molecule has 0 saturated carbocycles. The Labute approximate surface area is 176 Å². The van der Waals surface area contributed by atoms with E-state index in [9.17, 15) is 9.18 Å². The number of amides is 1. The van der Waals surface area contributed by atoms with E-state index in [0.717, 1.165) is 17.7 Å². The first-order chi connectivity index (χ1) is 14.5. The number of hydrogen-bond donors (Lipinski definition) is 0. The minimum atomic E-state index is -0.239. The fourth-order valence-corrected chi connectivity index (χ4v) is 4.11. The van der Waals surface area contributed by atoms with Crippen molar-refractivity contribution in [3.05, 3.63) is 89.3 Å². The molecule has 5 nitrogen and oxygen atoms in total. The molecule has 1 atom stereocenters. The topological polar surface area (TPSA) is 41.4 Å². The first-order valence-corrected chi connectivity index (χ1v) is 10.2. The Kier molecular flexibility index (Phi) is 5.95. The van der Waals surface area contributed by atoms with Crippen LogP contribution in [0.2, 0.25) is 0 Å². The third-order valence-corrected chi connectivity index (χ3v) is 5.72. The lowest BCUT2D eigenvalue weighted by Crippen LogP contribution is -2.55. The fraction of sp³-hybridized carbons (Fsp3) is 0.333. The van der Waals surface area contributed by atoms with E-state index < -0.39 is 0 Å². The van der Waals surface area contributed by atoms with Crippen LogP contribution in [0.25, 0.3) is 0 Å². The van der Waals surface area contributed by atoms with E-state index in [-0.39, 0.29) is 17.8 Å². The highest BCUT2D eigenvalue weighted by Crippen LogP contribution is 2.19. The molecule has 3 aromatic rings. The first kappa shape index (κ1) is 20.3. The number of rotatable bonds is 6. The molecule has 30 heavy (non-hydrogen) atoms. The summed E-state index contributed by atoms with van der Waals surface area (Å²) in [4.78, 5) is 20.8. The summed E-state index contributed by atoms with van der Waals surface area (Å²) >= 11 is 0. The molecule has 1 saturated heterocycles. The molecule has 2 heterocycles. The van der Waals surface area contributed by atoms with Crippen molar-refractivity contribution in [2.75, 3.05) is 20.1 Å². The fourth-order valence-electron chi connectivity index (χ4n) is 4.11. The lowest BCUT2D eigenvalue weighted by Gasteiger charge is -2.39. The maximum Gasteiger partial charge on any atom is 0.236 e. The van der Waals surface area contributed by atoms with E-state index >= 15 is 0 Å². The summed E-state index contributed by atoms with van der Waals surface area (Å²) in [7, 11) is 1.87. The van der Waals surface area contributed by atoms with E-state index in [4.69, 9.17) is 0 Å². The molecule has 6 heteroatoms. The quantitative estimate of drug-likeness (QED) is 0.631. The van der Waals surface area contributed by atoms with Crippen LogP contribution in [0.4, 0.5) is 4.39 Å². The Morgan fingerprint density at radius 3 is 2.70 bits per heavy atom. The number of nitrogens with zero attached hydrogens (tertiary/aromatic N) is 4. The molecule has 0 spiro atoms. The molecule has 2 aromatic carbocycles. The minimum absolute atomic E-state index is 0.131. The van der Waals surface area contributed by atoms with Crippen LogP contribution in [-0.2, 0) is 24.3 Å². The molecule has 1 aromatic heterocycles. The highest BCUT2D eigenvalue weighted by Gasteiger charge is 2.30. The van der Waals surface area contributed by atoms with Crippen molar-refractivity contribution in [3.63, 3.8) is 0 Å². The number of halogens is 1. The molecule has 0 radical (unpaired) electrons. The number of aryl methyl sites for hydroxylation is 1. The van der Waals surface area contributed by atoms with Crippen molar-refractivity contribution >= 4 is 5.91 Å². The van der Waals surface area contributed by atoms with Crippen LogP contribution in [0.5, 0.6) is 0 Å². The summed E-state index contributed by atoms with van der Waals surface area (Å²) in [6.07, 6.45) is 4.50. The number of aromatic nitrogens is 2. The molecule has 0 bridgehead atoms. The van der Waals surface area contributed by atoms with Crippen molar-refractivity contribution in [1.82, 2.24) is 19.4 Å². The van der Waals surface area contributed by atoms with Crippen molar-refractivity contribution in [1.29, 1.82) is 0 Å². The Hall–Kier alpha value is -2.99. The molecule has 1 aliphatic rings. The van der Waals surface area contributed by atoms with Crippen molar-refractivity contribution in [2.45, 2.75) is 32.5 Å². The first-order valence-electron chi connectivity index (χ1n) is 10.2. The van der Waals surface area contributed by atoms with Crippen LogP contribution in [-0.4, -0.2) is 51.4 Å². The van der Waals surface area contributed by atoms with Gasteiger partial charge in [0.2, 0.25) is 5.91 Å². The van der Waals surface area contributed by atoms with Crippen LogP contribution >= 0.6 is 0 Å². The number of hydrogen-bond acceptors (Lipinski definition) is 3. The summed E-state index contributed by atoms with van der Waals surface area (Å²) in [5.74, 6) is -0.108.